The summed E-state index contributed by atoms with van der Waals surface area (Å²) in [5.41, 5.74) is 0.429. The van der Waals surface area contributed by atoms with Crippen LogP contribution in [-0.4, -0.2) is 27.3 Å². The van der Waals surface area contributed by atoms with Gasteiger partial charge in [-0.05, 0) is 31.3 Å². The van der Waals surface area contributed by atoms with Crippen LogP contribution in [0.1, 0.15) is 40.0 Å². The standard InChI is InChI=1S/C14H24ClN3OS/c1-4-6-8-18-14(19)13(15)12(10-16-18)17-11(3)7-9-20-5-2/h10-11,17H,4-9H2,1-3H3. The molecule has 0 saturated heterocycles. The Kier molecular flexibility index (Phi) is 8.07. The maximum Gasteiger partial charge on any atom is 0.287 e. The van der Waals surface area contributed by atoms with E-state index in [2.05, 4.69) is 31.2 Å². The molecule has 20 heavy (non-hydrogen) atoms. The van der Waals surface area contributed by atoms with Gasteiger partial charge in [0.15, 0.2) is 0 Å². The van der Waals surface area contributed by atoms with Gasteiger partial charge in [-0.3, -0.25) is 4.79 Å². The Balaban J connectivity index is 2.67. The molecule has 1 rings (SSSR count). The number of unbranched alkanes of at least 4 members (excludes halogenated alkanes) is 1. The summed E-state index contributed by atoms with van der Waals surface area (Å²) < 4.78 is 1.44. The van der Waals surface area contributed by atoms with E-state index in [0.29, 0.717) is 12.2 Å². The molecule has 4 nitrogen and oxygen atoms in total. The van der Waals surface area contributed by atoms with Gasteiger partial charge in [-0.15, -0.1) is 0 Å². The van der Waals surface area contributed by atoms with Crippen molar-refractivity contribution in [2.45, 2.75) is 52.6 Å². The molecule has 1 atom stereocenters. The van der Waals surface area contributed by atoms with Crippen molar-refractivity contribution in [2.75, 3.05) is 16.8 Å². The molecule has 0 aliphatic rings. The zero-order chi connectivity index (χ0) is 15.0. The predicted octanol–water partition coefficient (Wildman–Crippen LogP) is 3.64. The van der Waals surface area contributed by atoms with Crippen molar-refractivity contribution in [3.63, 3.8) is 0 Å². The van der Waals surface area contributed by atoms with E-state index in [4.69, 9.17) is 11.6 Å². The van der Waals surface area contributed by atoms with Crippen LogP contribution in [0.15, 0.2) is 11.0 Å². The van der Waals surface area contributed by atoms with E-state index in [-0.39, 0.29) is 16.6 Å². The van der Waals surface area contributed by atoms with Crippen LogP contribution >= 0.6 is 23.4 Å². The lowest BCUT2D eigenvalue weighted by Gasteiger charge is -2.16. The number of nitrogens with zero attached hydrogens (tertiary/aromatic N) is 2. The third-order valence-corrected chi connectivity index (χ3v) is 4.31. The van der Waals surface area contributed by atoms with Crippen LogP contribution in [0.25, 0.3) is 0 Å². The Morgan fingerprint density at radius 1 is 1.50 bits per heavy atom. The van der Waals surface area contributed by atoms with Crippen LogP contribution in [0.5, 0.6) is 0 Å². The minimum absolute atomic E-state index is 0.208. The topological polar surface area (TPSA) is 46.9 Å². The van der Waals surface area contributed by atoms with Gasteiger partial charge in [0.25, 0.3) is 5.56 Å². The Bertz CT molecular complexity index is 464. The third-order valence-electron chi connectivity index (χ3n) is 3.01. The molecule has 0 spiro atoms. The lowest BCUT2D eigenvalue weighted by Crippen LogP contribution is -2.26. The molecule has 1 heterocycles. The maximum atomic E-state index is 12.1. The Hall–Kier alpha value is -0.680. The largest absolute Gasteiger partial charge is 0.380 e. The fourth-order valence-electron chi connectivity index (χ4n) is 1.77. The highest BCUT2D eigenvalue weighted by molar-refractivity contribution is 7.99. The summed E-state index contributed by atoms with van der Waals surface area (Å²) in [5.74, 6) is 2.23. The van der Waals surface area contributed by atoms with Gasteiger partial charge in [-0.1, -0.05) is 31.9 Å². The van der Waals surface area contributed by atoms with E-state index in [1.165, 1.54) is 4.68 Å². The summed E-state index contributed by atoms with van der Waals surface area (Å²) >= 11 is 8.05. The Labute approximate surface area is 130 Å². The minimum Gasteiger partial charge on any atom is -0.380 e. The quantitative estimate of drug-likeness (QED) is 0.706. The number of aryl methyl sites for hydroxylation is 1. The maximum absolute atomic E-state index is 12.1. The molecule has 1 N–H and O–H groups in total. The average molecular weight is 318 g/mol. The molecule has 6 heteroatoms. The molecule has 0 aliphatic carbocycles. The van der Waals surface area contributed by atoms with Gasteiger partial charge in [0.2, 0.25) is 0 Å². The summed E-state index contributed by atoms with van der Waals surface area (Å²) in [5, 5.41) is 7.69. The van der Waals surface area contributed by atoms with E-state index in [1.54, 1.807) is 6.20 Å². The van der Waals surface area contributed by atoms with Crippen LogP contribution in [0.3, 0.4) is 0 Å². The van der Waals surface area contributed by atoms with Crippen LogP contribution in [-0.2, 0) is 6.54 Å². The summed E-state index contributed by atoms with van der Waals surface area (Å²) in [4.78, 5) is 12.1. The fourth-order valence-corrected chi connectivity index (χ4v) is 2.78. The second kappa shape index (κ2) is 9.29. The minimum atomic E-state index is -0.208. The monoisotopic (exact) mass is 317 g/mol. The van der Waals surface area contributed by atoms with Crippen molar-refractivity contribution >= 4 is 29.1 Å². The van der Waals surface area contributed by atoms with Crippen LogP contribution in [0, 0.1) is 0 Å². The van der Waals surface area contributed by atoms with E-state index in [1.807, 2.05) is 11.8 Å². The van der Waals surface area contributed by atoms with Gasteiger partial charge >= 0.3 is 0 Å². The molecule has 0 radical (unpaired) electrons. The molecule has 0 aliphatic heterocycles. The smallest absolute Gasteiger partial charge is 0.287 e. The Morgan fingerprint density at radius 2 is 2.25 bits per heavy atom. The molecule has 114 valence electrons. The first-order valence-electron chi connectivity index (χ1n) is 7.20. The lowest BCUT2D eigenvalue weighted by molar-refractivity contribution is 0.543. The number of aromatic nitrogens is 2. The lowest BCUT2D eigenvalue weighted by atomic mass is 10.2. The number of anilines is 1. The van der Waals surface area contributed by atoms with Gasteiger partial charge in [-0.25, -0.2) is 4.68 Å². The second-order valence-corrected chi connectivity index (χ2v) is 6.56. The molecule has 0 bridgehead atoms. The van der Waals surface area contributed by atoms with Crippen molar-refractivity contribution in [1.82, 2.24) is 9.78 Å². The van der Waals surface area contributed by atoms with E-state index in [9.17, 15) is 4.79 Å². The van der Waals surface area contributed by atoms with Gasteiger partial charge in [0, 0.05) is 12.6 Å². The SMILES string of the molecule is CCCCn1ncc(NC(C)CCSCC)c(Cl)c1=O. The predicted molar refractivity (Wildman–Crippen MR) is 89.1 cm³/mol. The zero-order valence-electron chi connectivity index (χ0n) is 12.5. The van der Waals surface area contributed by atoms with Crippen molar-refractivity contribution in [1.29, 1.82) is 0 Å². The normalized spacial score (nSPS) is 12.4. The van der Waals surface area contributed by atoms with Gasteiger partial charge < -0.3 is 5.32 Å². The fraction of sp³-hybridized carbons (Fsp3) is 0.714. The zero-order valence-corrected chi connectivity index (χ0v) is 14.1. The highest BCUT2D eigenvalue weighted by Gasteiger charge is 2.11. The molecule has 1 aromatic rings. The van der Waals surface area contributed by atoms with E-state index >= 15 is 0 Å². The van der Waals surface area contributed by atoms with Crippen LogP contribution in [0.2, 0.25) is 5.02 Å². The second-order valence-electron chi connectivity index (χ2n) is 4.79. The summed E-state index contributed by atoms with van der Waals surface area (Å²) in [6.45, 7) is 6.95. The first-order chi connectivity index (χ1) is 9.60. The molecule has 1 aromatic heterocycles. The number of halogens is 1. The van der Waals surface area contributed by atoms with E-state index < -0.39 is 0 Å². The van der Waals surface area contributed by atoms with Gasteiger partial charge in [0.05, 0.1) is 11.9 Å². The molecule has 0 aromatic carbocycles. The number of thioether (sulfide) groups is 1. The highest BCUT2D eigenvalue weighted by Crippen LogP contribution is 2.18. The molecule has 0 amide bonds. The van der Waals surface area contributed by atoms with Crippen LogP contribution in [0.4, 0.5) is 5.69 Å². The number of nitrogens with one attached hydrogen (secondary N) is 1. The van der Waals surface area contributed by atoms with E-state index in [0.717, 1.165) is 30.8 Å². The molecular formula is C14H24ClN3OS. The third kappa shape index (κ3) is 5.37. The summed E-state index contributed by atoms with van der Waals surface area (Å²) in [6.07, 6.45) is 4.65. The Morgan fingerprint density at radius 3 is 2.90 bits per heavy atom. The van der Waals surface area contributed by atoms with Crippen LogP contribution < -0.4 is 10.9 Å². The molecule has 0 saturated carbocycles. The first kappa shape index (κ1) is 17.4. The van der Waals surface area contributed by atoms with Gasteiger partial charge in [-0.2, -0.15) is 16.9 Å². The number of hydrogen-bond acceptors (Lipinski definition) is 4. The first-order valence-corrected chi connectivity index (χ1v) is 8.73. The van der Waals surface area contributed by atoms with Crippen molar-refractivity contribution in [3.05, 3.63) is 21.6 Å². The number of rotatable bonds is 9. The average Bonchev–Trinajstić information content (AvgIpc) is 2.43. The van der Waals surface area contributed by atoms with Crippen molar-refractivity contribution < 1.29 is 0 Å². The van der Waals surface area contributed by atoms with Gasteiger partial charge in [0.1, 0.15) is 5.02 Å². The summed E-state index contributed by atoms with van der Waals surface area (Å²) in [6, 6.07) is 0.277. The highest BCUT2D eigenvalue weighted by atomic mass is 35.5. The van der Waals surface area contributed by atoms with Crippen molar-refractivity contribution in [2.24, 2.45) is 0 Å². The molecule has 0 fully saturated rings. The van der Waals surface area contributed by atoms with Crippen molar-refractivity contribution in [3.8, 4) is 0 Å². The summed E-state index contributed by atoms with van der Waals surface area (Å²) in [7, 11) is 0. The molecular weight excluding hydrogens is 294 g/mol. The number of hydrogen-bond donors (Lipinski definition) is 1. The molecule has 1 unspecified atom stereocenters.